The zero-order chi connectivity index (χ0) is 21.4. The van der Waals surface area contributed by atoms with Crippen molar-refractivity contribution in [1.29, 1.82) is 0 Å². The second-order valence-corrected chi connectivity index (χ2v) is 7.76. The molecule has 1 N–H and O–H groups in total. The normalized spacial score (nSPS) is 19.6. The van der Waals surface area contributed by atoms with Crippen LogP contribution in [0.1, 0.15) is 49.1 Å². The number of hydrogen-bond donors (Lipinski definition) is 1. The maximum atomic E-state index is 13.1. The summed E-state index contributed by atoms with van der Waals surface area (Å²) >= 11 is 0. The Hall–Kier alpha value is -2.81. The van der Waals surface area contributed by atoms with Gasteiger partial charge < -0.3 is 14.3 Å². The van der Waals surface area contributed by atoms with Crippen LogP contribution in [0.4, 0.5) is 13.2 Å². The summed E-state index contributed by atoms with van der Waals surface area (Å²) in [6.07, 6.45) is -5.07. The molecule has 0 spiro atoms. The molecule has 156 valence electrons. The Labute approximate surface area is 165 Å². The molecule has 9 heteroatoms. The molecular formula is C20H21F3N2O4. The van der Waals surface area contributed by atoms with Gasteiger partial charge in [0.05, 0.1) is 0 Å². The van der Waals surface area contributed by atoms with Crippen molar-refractivity contribution in [3.63, 3.8) is 0 Å². The topological polar surface area (TPSA) is 75.3 Å². The highest BCUT2D eigenvalue weighted by Crippen LogP contribution is 2.39. The Bertz CT molecular complexity index is 913. The Morgan fingerprint density at radius 1 is 1.21 bits per heavy atom. The standard InChI is InChI=1S/C20H21F3N2O4/c1-18(2,3)13-4-6-14(7-5-13)28-12-15-8-9-16(29-15)17(26)25-19(27,10-11-24-25)20(21,22)23/h4-9,11,27H,10,12H2,1-3H3/t19-/m1/s1. The zero-order valence-corrected chi connectivity index (χ0v) is 16.2. The van der Waals surface area contributed by atoms with Crippen LogP contribution in [0.3, 0.4) is 0 Å². The molecule has 2 heterocycles. The van der Waals surface area contributed by atoms with Crippen molar-refractivity contribution < 1.29 is 32.2 Å². The van der Waals surface area contributed by atoms with Crippen molar-refractivity contribution in [2.75, 3.05) is 0 Å². The fourth-order valence-corrected chi connectivity index (χ4v) is 2.77. The lowest BCUT2D eigenvalue weighted by molar-refractivity contribution is -0.297. The van der Waals surface area contributed by atoms with E-state index in [-0.39, 0.29) is 28.6 Å². The first-order valence-electron chi connectivity index (χ1n) is 8.90. The van der Waals surface area contributed by atoms with Gasteiger partial charge in [-0.15, -0.1) is 0 Å². The van der Waals surface area contributed by atoms with Crippen LogP contribution in [0.15, 0.2) is 45.9 Å². The van der Waals surface area contributed by atoms with E-state index in [1.807, 2.05) is 12.1 Å². The first-order chi connectivity index (χ1) is 13.4. The van der Waals surface area contributed by atoms with E-state index < -0.39 is 24.2 Å². The van der Waals surface area contributed by atoms with Gasteiger partial charge in [0.15, 0.2) is 5.76 Å². The molecule has 1 aromatic carbocycles. The number of hydrazone groups is 1. The lowest BCUT2D eigenvalue weighted by Crippen LogP contribution is -2.56. The van der Waals surface area contributed by atoms with Gasteiger partial charge >= 0.3 is 12.1 Å². The number of ether oxygens (including phenoxy) is 1. The molecule has 1 aromatic heterocycles. The number of rotatable bonds is 4. The molecule has 0 bridgehead atoms. The Morgan fingerprint density at radius 3 is 2.45 bits per heavy atom. The lowest BCUT2D eigenvalue weighted by atomic mass is 9.87. The number of amides is 1. The summed E-state index contributed by atoms with van der Waals surface area (Å²) in [5, 5.41) is 13.2. The Balaban J connectivity index is 1.66. The van der Waals surface area contributed by atoms with E-state index in [4.69, 9.17) is 9.15 Å². The maximum absolute atomic E-state index is 13.1. The van der Waals surface area contributed by atoms with Crippen LogP contribution in [0, 0.1) is 0 Å². The average Bonchev–Trinajstić information content (AvgIpc) is 3.26. The van der Waals surface area contributed by atoms with Crippen LogP contribution in [-0.2, 0) is 12.0 Å². The second kappa shape index (κ2) is 7.22. The van der Waals surface area contributed by atoms with E-state index in [1.54, 1.807) is 12.1 Å². The molecule has 1 atom stereocenters. The molecule has 29 heavy (non-hydrogen) atoms. The van der Waals surface area contributed by atoms with Crippen molar-refractivity contribution in [3.05, 3.63) is 53.5 Å². The lowest BCUT2D eigenvalue weighted by Gasteiger charge is -2.31. The molecule has 2 aromatic rings. The highest BCUT2D eigenvalue weighted by molar-refractivity contribution is 5.93. The molecule has 1 amide bonds. The molecule has 6 nitrogen and oxygen atoms in total. The largest absolute Gasteiger partial charge is 0.486 e. The number of aliphatic hydroxyl groups is 1. The molecule has 1 aliphatic heterocycles. The van der Waals surface area contributed by atoms with Gasteiger partial charge in [-0.2, -0.15) is 23.3 Å². The van der Waals surface area contributed by atoms with Crippen LogP contribution in [0.25, 0.3) is 0 Å². The number of benzene rings is 1. The summed E-state index contributed by atoms with van der Waals surface area (Å²) in [7, 11) is 0. The number of carbonyl (C=O) groups excluding carboxylic acids is 1. The van der Waals surface area contributed by atoms with Crippen LogP contribution in [0.2, 0.25) is 0 Å². The summed E-state index contributed by atoms with van der Waals surface area (Å²) in [5.41, 5.74) is -2.24. The SMILES string of the molecule is CC(C)(C)c1ccc(OCc2ccc(C(=O)N3N=CC[C@@]3(O)C(F)(F)F)o2)cc1. The van der Waals surface area contributed by atoms with Gasteiger partial charge in [0.2, 0.25) is 0 Å². The van der Waals surface area contributed by atoms with Crippen LogP contribution >= 0.6 is 0 Å². The quantitative estimate of drug-likeness (QED) is 0.818. The number of nitrogens with zero attached hydrogens (tertiary/aromatic N) is 2. The van der Waals surface area contributed by atoms with Crippen molar-refractivity contribution >= 4 is 12.1 Å². The zero-order valence-electron chi connectivity index (χ0n) is 16.2. The third-order valence-electron chi connectivity index (χ3n) is 4.54. The Morgan fingerprint density at radius 2 is 1.86 bits per heavy atom. The van der Waals surface area contributed by atoms with E-state index in [0.29, 0.717) is 5.75 Å². The fraction of sp³-hybridized carbons (Fsp3) is 0.400. The van der Waals surface area contributed by atoms with Gasteiger partial charge in [0.1, 0.15) is 18.1 Å². The first kappa shape index (κ1) is 20.9. The number of halogens is 3. The van der Waals surface area contributed by atoms with Gasteiger partial charge in [-0.05, 0) is 35.2 Å². The number of furan rings is 1. The van der Waals surface area contributed by atoms with Gasteiger partial charge in [-0.3, -0.25) is 4.79 Å². The van der Waals surface area contributed by atoms with Crippen molar-refractivity contribution in [1.82, 2.24) is 5.01 Å². The van der Waals surface area contributed by atoms with Crippen LogP contribution in [0.5, 0.6) is 5.75 Å². The maximum Gasteiger partial charge on any atom is 0.438 e. The fourth-order valence-electron chi connectivity index (χ4n) is 2.77. The van der Waals surface area contributed by atoms with Crippen molar-refractivity contribution in [2.24, 2.45) is 5.10 Å². The molecule has 0 radical (unpaired) electrons. The summed E-state index contributed by atoms with van der Waals surface area (Å²) < 4.78 is 50.2. The second-order valence-electron chi connectivity index (χ2n) is 7.76. The predicted molar refractivity (Wildman–Crippen MR) is 98.5 cm³/mol. The molecule has 0 saturated heterocycles. The summed E-state index contributed by atoms with van der Waals surface area (Å²) in [6.45, 7) is 6.26. The minimum atomic E-state index is -5.06. The van der Waals surface area contributed by atoms with Gasteiger partial charge in [-0.25, -0.2) is 0 Å². The number of carbonyl (C=O) groups is 1. The van der Waals surface area contributed by atoms with Gasteiger partial charge in [0, 0.05) is 12.6 Å². The van der Waals surface area contributed by atoms with E-state index in [9.17, 15) is 23.1 Å². The van der Waals surface area contributed by atoms with Gasteiger partial charge in [0.25, 0.3) is 5.72 Å². The summed E-state index contributed by atoms with van der Waals surface area (Å²) in [6, 6.07) is 10.1. The summed E-state index contributed by atoms with van der Waals surface area (Å²) in [4.78, 5) is 12.3. The van der Waals surface area contributed by atoms with E-state index in [1.165, 1.54) is 12.1 Å². The Kier molecular flexibility index (Phi) is 5.20. The summed E-state index contributed by atoms with van der Waals surface area (Å²) in [5.74, 6) is -0.752. The van der Waals surface area contributed by atoms with Crippen molar-refractivity contribution in [2.45, 2.75) is 51.1 Å². The van der Waals surface area contributed by atoms with E-state index >= 15 is 0 Å². The minimum Gasteiger partial charge on any atom is -0.486 e. The van der Waals surface area contributed by atoms with Crippen LogP contribution in [-0.4, -0.2) is 34.1 Å². The number of alkyl halides is 3. The molecule has 0 unspecified atom stereocenters. The number of hydrogen-bond acceptors (Lipinski definition) is 5. The monoisotopic (exact) mass is 410 g/mol. The first-order valence-corrected chi connectivity index (χ1v) is 8.90. The van der Waals surface area contributed by atoms with E-state index in [0.717, 1.165) is 11.8 Å². The average molecular weight is 410 g/mol. The van der Waals surface area contributed by atoms with Gasteiger partial charge in [-0.1, -0.05) is 32.9 Å². The van der Waals surface area contributed by atoms with E-state index in [2.05, 4.69) is 25.9 Å². The molecule has 0 aliphatic carbocycles. The molecule has 0 saturated carbocycles. The molecule has 1 aliphatic rings. The van der Waals surface area contributed by atoms with Crippen molar-refractivity contribution in [3.8, 4) is 5.75 Å². The molecule has 0 fully saturated rings. The highest BCUT2D eigenvalue weighted by atomic mass is 19.4. The molecule has 3 rings (SSSR count). The third-order valence-corrected chi connectivity index (χ3v) is 4.54. The smallest absolute Gasteiger partial charge is 0.438 e. The van der Waals surface area contributed by atoms with Crippen LogP contribution < -0.4 is 4.74 Å². The molecular weight excluding hydrogens is 389 g/mol. The third kappa shape index (κ3) is 4.14. The predicted octanol–water partition coefficient (Wildman–Crippen LogP) is 4.24. The minimum absolute atomic E-state index is 0.00516. The highest BCUT2D eigenvalue weighted by Gasteiger charge is 2.61.